The van der Waals surface area contributed by atoms with Gasteiger partial charge in [-0.2, -0.15) is 0 Å². The van der Waals surface area contributed by atoms with Gasteiger partial charge in [-0.05, 0) is 30.0 Å². The molecule has 2 rings (SSSR count). The minimum absolute atomic E-state index is 0.0368. The van der Waals surface area contributed by atoms with Crippen LogP contribution >= 0.6 is 0 Å². The van der Waals surface area contributed by atoms with Crippen LogP contribution in [0.15, 0.2) is 18.2 Å². The number of hydrogen-bond acceptors (Lipinski definition) is 3. The van der Waals surface area contributed by atoms with Crippen LogP contribution in [-0.4, -0.2) is 25.7 Å². The van der Waals surface area contributed by atoms with Crippen LogP contribution in [0.3, 0.4) is 0 Å². The van der Waals surface area contributed by atoms with Crippen molar-refractivity contribution in [2.75, 3.05) is 25.1 Å². The molecule has 0 unspecified atom stereocenters. The minimum atomic E-state index is -0.541. The van der Waals surface area contributed by atoms with Crippen molar-refractivity contribution >= 4 is 11.6 Å². The van der Waals surface area contributed by atoms with Gasteiger partial charge in [0.1, 0.15) is 5.41 Å². The Balaban J connectivity index is 2.18. The number of carbonyl (C=O) groups is 1. The Hall–Kier alpha value is -1.39. The third kappa shape index (κ3) is 2.65. The summed E-state index contributed by atoms with van der Waals surface area (Å²) in [4.78, 5) is 12.3. The Labute approximate surface area is 114 Å². The SMILES string of the molecule is Cc1ccc(C(C)C)cc1NC(=O)C1(CN)COC1. The maximum Gasteiger partial charge on any atom is 0.236 e. The van der Waals surface area contributed by atoms with E-state index in [9.17, 15) is 4.79 Å². The number of amides is 1. The molecule has 1 aliphatic heterocycles. The van der Waals surface area contributed by atoms with Crippen LogP contribution in [0.1, 0.15) is 30.9 Å². The van der Waals surface area contributed by atoms with Crippen LogP contribution in [0.2, 0.25) is 0 Å². The molecule has 4 heteroatoms. The number of anilines is 1. The molecular weight excluding hydrogens is 240 g/mol. The van der Waals surface area contributed by atoms with Crippen LogP contribution in [0.25, 0.3) is 0 Å². The van der Waals surface area contributed by atoms with Crippen LogP contribution in [0.5, 0.6) is 0 Å². The molecule has 4 nitrogen and oxygen atoms in total. The molecule has 1 saturated heterocycles. The Kier molecular flexibility index (Phi) is 3.92. The fourth-order valence-electron chi connectivity index (χ4n) is 2.08. The molecule has 0 aliphatic carbocycles. The number of ether oxygens (including phenoxy) is 1. The lowest BCUT2D eigenvalue weighted by Gasteiger charge is -2.38. The van der Waals surface area contributed by atoms with Gasteiger partial charge in [-0.15, -0.1) is 0 Å². The molecule has 19 heavy (non-hydrogen) atoms. The fourth-order valence-corrected chi connectivity index (χ4v) is 2.08. The second-order valence-electron chi connectivity index (χ2n) is 5.66. The summed E-state index contributed by atoms with van der Waals surface area (Å²) in [5, 5.41) is 3.00. The van der Waals surface area contributed by atoms with Crippen molar-refractivity contribution < 1.29 is 9.53 Å². The molecule has 3 N–H and O–H groups in total. The van der Waals surface area contributed by atoms with E-state index in [4.69, 9.17) is 10.5 Å². The minimum Gasteiger partial charge on any atom is -0.379 e. The number of nitrogens with two attached hydrogens (primary N) is 1. The van der Waals surface area contributed by atoms with Gasteiger partial charge in [-0.25, -0.2) is 0 Å². The van der Waals surface area contributed by atoms with Crippen LogP contribution in [-0.2, 0) is 9.53 Å². The van der Waals surface area contributed by atoms with Crippen molar-refractivity contribution in [1.29, 1.82) is 0 Å². The van der Waals surface area contributed by atoms with Gasteiger partial charge in [0.15, 0.2) is 0 Å². The van der Waals surface area contributed by atoms with Crippen LogP contribution in [0, 0.1) is 12.3 Å². The summed E-state index contributed by atoms with van der Waals surface area (Å²) < 4.78 is 5.14. The number of benzene rings is 1. The molecule has 1 heterocycles. The lowest BCUT2D eigenvalue weighted by Crippen LogP contribution is -2.56. The molecule has 1 aromatic rings. The monoisotopic (exact) mass is 262 g/mol. The second-order valence-corrected chi connectivity index (χ2v) is 5.66. The van der Waals surface area contributed by atoms with Gasteiger partial charge in [0.2, 0.25) is 5.91 Å². The first-order valence-corrected chi connectivity index (χ1v) is 6.68. The van der Waals surface area contributed by atoms with Gasteiger partial charge in [0.05, 0.1) is 13.2 Å². The molecule has 0 bridgehead atoms. The zero-order valence-corrected chi connectivity index (χ0v) is 11.8. The summed E-state index contributed by atoms with van der Waals surface area (Å²) in [6.45, 7) is 7.42. The largest absolute Gasteiger partial charge is 0.379 e. The normalized spacial score (nSPS) is 17.1. The summed E-state index contributed by atoms with van der Waals surface area (Å²) in [5.41, 5.74) is 8.30. The first-order chi connectivity index (χ1) is 8.98. The highest BCUT2D eigenvalue weighted by Crippen LogP contribution is 2.29. The number of aryl methyl sites for hydroxylation is 1. The van der Waals surface area contributed by atoms with Crippen molar-refractivity contribution in [1.82, 2.24) is 0 Å². The van der Waals surface area contributed by atoms with Gasteiger partial charge < -0.3 is 15.8 Å². The average Bonchev–Trinajstić information content (AvgIpc) is 2.31. The first kappa shape index (κ1) is 14.0. The topological polar surface area (TPSA) is 64.4 Å². The maximum absolute atomic E-state index is 12.3. The van der Waals surface area contributed by atoms with E-state index in [1.165, 1.54) is 5.56 Å². The van der Waals surface area contributed by atoms with Gasteiger partial charge in [0, 0.05) is 12.2 Å². The highest BCUT2D eigenvalue weighted by molar-refractivity contribution is 5.97. The molecule has 104 valence electrons. The molecule has 1 aliphatic rings. The second kappa shape index (κ2) is 5.31. The van der Waals surface area contributed by atoms with E-state index in [2.05, 4.69) is 25.2 Å². The van der Waals surface area contributed by atoms with Crippen molar-refractivity contribution in [3.63, 3.8) is 0 Å². The Morgan fingerprint density at radius 3 is 2.63 bits per heavy atom. The van der Waals surface area contributed by atoms with Crippen LogP contribution < -0.4 is 11.1 Å². The fraction of sp³-hybridized carbons (Fsp3) is 0.533. The lowest BCUT2D eigenvalue weighted by molar-refractivity contribution is -0.153. The summed E-state index contributed by atoms with van der Waals surface area (Å²) in [6.07, 6.45) is 0. The van der Waals surface area contributed by atoms with Crippen LogP contribution in [0.4, 0.5) is 5.69 Å². The quantitative estimate of drug-likeness (QED) is 0.872. The predicted molar refractivity (Wildman–Crippen MR) is 76.2 cm³/mol. The van der Waals surface area contributed by atoms with Gasteiger partial charge >= 0.3 is 0 Å². The highest BCUT2D eigenvalue weighted by atomic mass is 16.5. The lowest BCUT2D eigenvalue weighted by atomic mass is 9.85. The van der Waals surface area contributed by atoms with E-state index in [1.54, 1.807) is 0 Å². The number of nitrogens with one attached hydrogen (secondary N) is 1. The molecule has 0 radical (unpaired) electrons. The average molecular weight is 262 g/mol. The van der Waals surface area contributed by atoms with Crippen molar-refractivity contribution in [2.24, 2.45) is 11.1 Å². The van der Waals surface area contributed by atoms with Crippen molar-refractivity contribution in [3.05, 3.63) is 29.3 Å². The van der Waals surface area contributed by atoms with E-state index >= 15 is 0 Å². The van der Waals surface area contributed by atoms with Crippen molar-refractivity contribution in [2.45, 2.75) is 26.7 Å². The zero-order valence-electron chi connectivity index (χ0n) is 11.8. The van der Waals surface area contributed by atoms with Gasteiger partial charge in [0.25, 0.3) is 0 Å². The standard InChI is InChI=1S/C15H22N2O2/c1-10(2)12-5-4-11(3)13(6-12)17-14(18)15(7-16)8-19-9-15/h4-6,10H,7-9,16H2,1-3H3,(H,17,18). The third-order valence-electron chi connectivity index (χ3n) is 3.81. The van der Waals surface area contributed by atoms with Gasteiger partial charge in [-0.1, -0.05) is 26.0 Å². The maximum atomic E-state index is 12.3. The molecule has 1 amide bonds. The summed E-state index contributed by atoms with van der Waals surface area (Å²) in [7, 11) is 0. The smallest absolute Gasteiger partial charge is 0.236 e. The number of carbonyl (C=O) groups excluding carboxylic acids is 1. The highest BCUT2D eigenvalue weighted by Gasteiger charge is 2.44. The summed E-state index contributed by atoms with van der Waals surface area (Å²) in [6, 6.07) is 6.18. The van der Waals surface area contributed by atoms with Crippen molar-refractivity contribution in [3.8, 4) is 0 Å². The number of rotatable bonds is 4. The van der Waals surface area contributed by atoms with E-state index in [0.717, 1.165) is 11.3 Å². The molecule has 1 aromatic carbocycles. The molecular formula is C15H22N2O2. The van der Waals surface area contributed by atoms with Gasteiger partial charge in [-0.3, -0.25) is 4.79 Å². The first-order valence-electron chi connectivity index (χ1n) is 6.68. The van der Waals surface area contributed by atoms with E-state index < -0.39 is 5.41 Å². The Morgan fingerprint density at radius 2 is 2.16 bits per heavy atom. The van der Waals surface area contributed by atoms with E-state index in [-0.39, 0.29) is 5.91 Å². The third-order valence-corrected chi connectivity index (χ3v) is 3.81. The van der Waals surface area contributed by atoms with E-state index in [0.29, 0.717) is 25.7 Å². The summed E-state index contributed by atoms with van der Waals surface area (Å²) in [5.74, 6) is 0.400. The molecule has 0 saturated carbocycles. The van der Waals surface area contributed by atoms with E-state index in [1.807, 2.05) is 19.1 Å². The molecule has 0 spiro atoms. The Bertz CT molecular complexity index is 474. The zero-order chi connectivity index (χ0) is 14.0. The molecule has 1 fully saturated rings. The predicted octanol–water partition coefficient (Wildman–Crippen LogP) is 2.03. The number of hydrogen-bond donors (Lipinski definition) is 2. The summed E-state index contributed by atoms with van der Waals surface area (Å²) >= 11 is 0. The molecule has 0 aromatic heterocycles. The molecule has 0 atom stereocenters. The Morgan fingerprint density at radius 1 is 1.47 bits per heavy atom.